The highest BCUT2D eigenvalue weighted by Crippen LogP contribution is 2.33. The molecule has 0 amide bonds. The van der Waals surface area contributed by atoms with Crippen molar-refractivity contribution in [2.24, 2.45) is 5.73 Å². The Bertz CT molecular complexity index is 201. The van der Waals surface area contributed by atoms with Gasteiger partial charge in [0.1, 0.15) is 0 Å². The lowest BCUT2D eigenvalue weighted by atomic mass is 9.91. The van der Waals surface area contributed by atoms with Crippen molar-refractivity contribution >= 4 is 0 Å². The molecule has 0 aliphatic carbocycles. The van der Waals surface area contributed by atoms with Crippen LogP contribution in [0.1, 0.15) is 19.3 Å². The van der Waals surface area contributed by atoms with Gasteiger partial charge in [-0.15, -0.1) is 0 Å². The van der Waals surface area contributed by atoms with E-state index in [4.69, 9.17) is 10.5 Å². The van der Waals surface area contributed by atoms with E-state index in [0.29, 0.717) is 13.2 Å². The molecule has 0 radical (unpaired) electrons. The van der Waals surface area contributed by atoms with Crippen molar-refractivity contribution in [3.63, 3.8) is 0 Å². The summed E-state index contributed by atoms with van der Waals surface area (Å²) in [7, 11) is 0. The molecule has 2 fully saturated rings. The van der Waals surface area contributed by atoms with Crippen LogP contribution >= 0.6 is 0 Å². The lowest BCUT2D eigenvalue weighted by Gasteiger charge is -2.36. The minimum absolute atomic E-state index is 0.0627. The third-order valence-electron chi connectivity index (χ3n) is 3.31. The highest BCUT2D eigenvalue weighted by Gasteiger charge is 2.42. The second kappa shape index (κ2) is 4.14. The summed E-state index contributed by atoms with van der Waals surface area (Å²) in [5, 5.41) is 9.63. The maximum absolute atomic E-state index is 9.63. The molecule has 0 aromatic rings. The first-order chi connectivity index (χ1) is 6.74. The fourth-order valence-corrected chi connectivity index (χ4v) is 2.59. The fraction of sp³-hybridized carbons (Fsp3) is 1.00. The molecule has 2 heterocycles. The first kappa shape index (κ1) is 10.4. The van der Waals surface area contributed by atoms with Gasteiger partial charge in [-0.05, 0) is 12.8 Å². The lowest BCUT2D eigenvalue weighted by molar-refractivity contribution is -0.110. The monoisotopic (exact) mass is 200 g/mol. The zero-order valence-electron chi connectivity index (χ0n) is 8.61. The number of rotatable bonds is 2. The van der Waals surface area contributed by atoms with Crippen LogP contribution in [0.25, 0.3) is 0 Å². The summed E-state index contributed by atoms with van der Waals surface area (Å²) in [6, 6.07) is 0. The molecule has 0 saturated carbocycles. The van der Waals surface area contributed by atoms with Crippen LogP contribution in [0, 0.1) is 0 Å². The van der Waals surface area contributed by atoms with E-state index in [-0.39, 0.29) is 11.7 Å². The van der Waals surface area contributed by atoms with Crippen molar-refractivity contribution < 1.29 is 9.84 Å². The molecule has 2 rings (SSSR count). The van der Waals surface area contributed by atoms with E-state index in [9.17, 15) is 5.11 Å². The van der Waals surface area contributed by atoms with Gasteiger partial charge in [-0.3, -0.25) is 4.90 Å². The number of nitrogens with two attached hydrogens (primary N) is 1. The molecule has 82 valence electrons. The van der Waals surface area contributed by atoms with Gasteiger partial charge in [0, 0.05) is 39.2 Å². The normalized spacial score (nSPS) is 39.4. The van der Waals surface area contributed by atoms with Crippen LogP contribution in [0.2, 0.25) is 0 Å². The van der Waals surface area contributed by atoms with Crippen molar-refractivity contribution in [2.75, 3.05) is 32.8 Å². The Morgan fingerprint density at radius 2 is 2.43 bits per heavy atom. The Morgan fingerprint density at radius 3 is 3.14 bits per heavy atom. The van der Waals surface area contributed by atoms with Crippen molar-refractivity contribution in [1.82, 2.24) is 4.90 Å². The van der Waals surface area contributed by atoms with Gasteiger partial charge in [0.15, 0.2) is 0 Å². The minimum atomic E-state index is -0.165. The third kappa shape index (κ3) is 2.08. The van der Waals surface area contributed by atoms with E-state index < -0.39 is 0 Å². The van der Waals surface area contributed by atoms with Crippen LogP contribution in [0.4, 0.5) is 0 Å². The molecule has 1 spiro atoms. The predicted molar refractivity (Wildman–Crippen MR) is 54.0 cm³/mol. The van der Waals surface area contributed by atoms with Crippen LogP contribution < -0.4 is 5.73 Å². The average Bonchev–Trinajstić information content (AvgIpc) is 2.49. The Labute approximate surface area is 85.0 Å². The number of likely N-dealkylation sites (tertiary alicyclic amines) is 1. The molecule has 4 nitrogen and oxygen atoms in total. The summed E-state index contributed by atoms with van der Waals surface area (Å²) in [5.74, 6) is 0. The zero-order chi connectivity index (χ0) is 10.0. The molecule has 2 atom stereocenters. The Balaban J connectivity index is 1.91. The number of aliphatic hydroxyl groups excluding tert-OH is 1. The smallest absolute Gasteiger partial charge is 0.0845 e. The molecule has 2 saturated heterocycles. The fourth-order valence-electron chi connectivity index (χ4n) is 2.59. The van der Waals surface area contributed by atoms with Gasteiger partial charge < -0.3 is 15.6 Å². The van der Waals surface area contributed by atoms with Crippen molar-refractivity contribution in [2.45, 2.75) is 31.0 Å². The quantitative estimate of drug-likeness (QED) is 0.634. The van der Waals surface area contributed by atoms with Gasteiger partial charge in [0.05, 0.1) is 11.7 Å². The predicted octanol–water partition coefficient (Wildman–Crippen LogP) is -0.439. The maximum atomic E-state index is 9.63. The molecule has 0 unspecified atom stereocenters. The molecule has 14 heavy (non-hydrogen) atoms. The van der Waals surface area contributed by atoms with Crippen molar-refractivity contribution in [3.05, 3.63) is 0 Å². The van der Waals surface area contributed by atoms with Crippen molar-refractivity contribution in [1.29, 1.82) is 0 Å². The van der Waals surface area contributed by atoms with Gasteiger partial charge in [0.25, 0.3) is 0 Å². The van der Waals surface area contributed by atoms with E-state index in [1.165, 1.54) is 0 Å². The molecule has 0 aromatic heterocycles. The summed E-state index contributed by atoms with van der Waals surface area (Å²) in [6.45, 7) is 4.36. The first-order valence-corrected chi connectivity index (χ1v) is 5.49. The van der Waals surface area contributed by atoms with Crippen LogP contribution in [0.15, 0.2) is 0 Å². The first-order valence-electron chi connectivity index (χ1n) is 5.49. The Morgan fingerprint density at radius 1 is 1.57 bits per heavy atom. The highest BCUT2D eigenvalue weighted by molar-refractivity contribution is 4.95. The van der Waals surface area contributed by atoms with Crippen LogP contribution in [-0.2, 0) is 4.74 Å². The Kier molecular flexibility index (Phi) is 3.07. The molecule has 4 heteroatoms. The maximum Gasteiger partial charge on any atom is 0.0845 e. The number of nitrogens with zero attached hydrogens (tertiary/aromatic N) is 1. The second-order valence-electron chi connectivity index (χ2n) is 4.49. The lowest BCUT2D eigenvalue weighted by Crippen LogP contribution is -2.44. The molecule has 3 N–H and O–H groups in total. The van der Waals surface area contributed by atoms with Gasteiger partial charge in [-0.2, -0.15) is 0 Å². The molecule has 0 bridgehead atoms. The molecular weight excluding hydrogens is 180 g/mol. The summed E-state index contributed by atoms with van der Waals surface area (Å²) in [6.07, 6.45) is 2.47. The number of aliphatic hydroxyl groups is 1. The van der Waals surface area contributed by atoms with E-state index in [1.54, 1.807) is 0 Å². The Hall–Kier alpha value is -0.160. The van der Waals surface area contributed by atoms with E-state index in [2.05, 4.69) is 4.90 Å². The van der Waals surface area contributed by atoms with Crippen molar-refractivity contribution in [3.8, 4) is 0 Å². The van der Waals surface area contributed by atoms with Crippen LogP contribution in [-0.4, -0.2) is 54.5 Å². The summed E-state index contributed by atoms with van der Waals surface area (Å²) >= 11 is 0. The molecule has 2 aliphatic rings. The molecule has 2 aliphatic heterocycles. The summed E-state index contributed by atoms with van der Waals surface area (Å²) in [4.78, 5) is 2.33. The standard InChI is InChI=1S/C10H20N2O2/c11-3-5-12-4-2-10(8-12)7-9(13)1-6-14-10/h9,13H,1-8,11H2/t9-,10-/m0/s1. The SMILES string of the molecule is NCCN1CC[C@]2(C[C@@H](O)CCO2)C1. The summed E-state index contributed by atoms with van der Waals surface area (Å²) < 4.78 is 5.83. The largest absolute Gasteiger partial charge is 0.393 e. The van der Waals surface area contributed by atoms with E-state index in [1.807, 2.05) is 0 Å². The number of ether oxygens (including phenoxy) is 1. The summed E-state index contributed by atoms with van der Waals surface area (Å²) in [5.41, 5.74) is 5.46. The molecular formula is C10H20N2O2. The number of hydrogen-bond donors (Lipinski definition) is 2. The third-order valence-corrected chi connectivity index (χ3v) is 3.31. The van der Waals surface area contributed by atoms with Gasteiger partial charge in [0.2, 0.25) is 0 Å². The average molecular weight is 200 g/mol. The van der Waals surface area contributed by atoms with Crippen LogP contribution in [0.5, 0.6) is 0 Å². The van der Waals surface area contributed by atoms with Gasteiger partial charge >= 0.3 is 0 Å². The topological polar surface area (TPSA) is 58.7 Å². The zero-order valence-corrected chi connectivity index (χ0v) is 8.61. The highest BCUT2D eigenvalue weighted by atomic mass is 16.5. The molecule has 0 aromatic carbocycles. The van der Waals surface area contributed by atoms with Crippen LogP contribution in [0.3, 0.4) is 0 Å². The minimum Gasteiger partial charge on any atom is -0.393 e. The van der Waals surface area contributed by atoms with Gasteiger partial charge in [-0.25, -0.2) is 0 Å². The van der Waals surface area contributed by atoms with Gasteiger partial charge in [-0.1, -0.05) is 0 Å². The van der Waals surface area contributed by atoms with E-state index >= 15 is 0 Å². The second-order valence-corrected chi connectivity index (χ2v) is 4.49. The number of hydrogen-bond acceptors (Lipinski definition) is 4. The van der Waals surface area contributed by atoms with E-state index in [0.717, 1.165) is 38.9 Å².